The molecule has 27 heavy (non-hydrogen) atoms. The first-order valence-electron chi connectivity index (χ1n) is 9.90. The molecule has 8 heteroatoms. The van der Waals surface area contributed by atoms with Crippen LogP contribution >= 0.6 is 0 Å². The summed E-state index contributed by atoms with van der Waals surface area (Å²) in [6.07, 6.45) is 4.21. The Morgan fingerprint density at radius 1 is 1.19 bits per heavy atom. The van der Waals surface area contributed by atoms with Crippen molar-refractivity contribution in [2.75, 3.05) is 32.8 Å². The fourth-order valence-corrected chi connectivity index (χ4v) is 4.45. The van der Waals surface area contributed by atoms with Gasteiger partial charge in [-0.15, -0.1) is 10.2 Å². The molecular weight excluding hydrogens is 344 g/mol. The fourth-order valence-electron chi connectivity index (χ4n) is 4.45. The normalized spacial score (nSPS) is 22.5. The van der Waals surface area contributed by atoms with E-state index in [9.17, 15) is 9.90 Å². The van der Waals surface area contributed by atoms with Crippen molar-refractivity contribution in [3.8, 4) is 0 Å². The van der Waals surface area contributed by atoms with E-state index in [1.807, 2.05) is 24.8 Å². The summed E-state index contributed by atoms with van der Waals surface area (Å²) >= 11 is 0. The van der Waals surface area contributed by atoms with Crippen LogP contribution in [-0.2, 0) is 0 Å². The second kappa shape index (κ2) is 7.52. The van der Waals surface area contributed by atoms with Gasteiger partial charge < -0.3 is 10.0 Å². The highest BCUT2D eigenvalue weighted by Crippen LogP contribution is 2.24. The van der Waals surface area contributed by atoms with Gasteiger partial charge in [0.2, 0.25) is 5.82 Å². The number of aromatic nitrogens is 4. The average molecular weight is 372 g/mol. The number of carbonyl (C=O) groups excluding carboxylic acids is 1. The van der Waals surface area contributed by atoms with Crippen molar-refractivity contribution in [1.29, 1.82) is 0 Å². The highest BCUT2D eigenvalue weighted by Gasteiger charge is 2.32. The first-order chi connectivity index (χ1) is 13.1. The predicted octanol–water partition coefficient (Wildman–Crippen LogP) is 1.05. The smallest absolute Gasteiger partial charge is 0.292 e. The van der Waals surface area contributed by atoms with E-state index in [-0.39, 0.29) is 12.5 Å². The minimum absolute atomic E-state index is 0.0637. The second-order valence-electron chi connectivity index (χ2n) is 7.91. The number of likely N-dealkylation sites (tertiary alicyclic amines) is 2. The molecule has 0 radical (unpaired) electrons. The number of fused-ring (bicyclic) bond motifs is 1. The van der Waals surface area contributed by atoms with Crippen molar-refractivity contribution in [2.45, 2.75) is 45.6 Å². The molecule has 146 valence electrons. The quantitative estimate of drug-likeness (QED) is 0.867. The van der Waals surface area contributed by atoms with Gasteiger partial charge in [0.15, 0.2) is 0 Å². The zero-order valence-electron chi connectivity index (χ0n) is 16.1. The maximum absolute atomic E-state index is 13.2. The monoisotopic (exact) mass is 372 g/mol. The average Bonchev–Trinajstić information content (AvgIpc) is 3.11. The van der Waals surface area contributed by atoms with E-state index in [4.69, 9.17) is 0 Å². The van der Waals surface area contributed by atoms with Crippen LogP contribution in [0.5, 0.6) is 0 Å². The summed E-state index contributed by atoms with van der Waals surface area (Å²) in [5, 5.41) is 17.6. The van der Waals surface area contributed by atoms with E-state index >= 15 is 0 Å². The van der Waals surface area contributed by atoms with Crippen LogP contribution in [0.3, 0.4) is 0 Å². The minimum atomic E-state index is -0.0637. The largest absolute Gasteiger partial charge is 0.396 e. The molecule has 1 amide bonds. The first kappa shape index (κ1) is 18.3. The number of aryl methyl sites for hydroxylation is 2. The first-order valence-corrected chi connectivity index (χ1v) is 9.90. The van der Waals surface area contributed by atoms with Gasteiger partial charge >= 0.3 is 0 Å². The summed E-state index contributed by atoms with van der Waals surface area (Å²) in [7, 11) is 0. The minimum Gasteiger partial charge on any atom is -0.396 e. The molecule has 2 aromatic heterocycles. The molecule has 1 atom stereocenters. The highest BCUT2D eigenvalue weighted by atomic mass is 16.3. The molecule has 2 fully saturated rings. The molecule has 4 rings (SSSR count). The van der Waals surface area contributed by atoms with Gasteiger partial charge in [0.1, 0.15) is 0 Å². The number of carbonyl (C=O) groups is 1. The van der Waals surface area contributed by atoms with Crippen LogP contribution in [0.4, 0.5) is 0 Å². The molecule has 0 saturated carbocycles. The van der Waals surface area contributed by atoms with E-state index < -0.39 is 0 Å². The zero-order chi connectivity index (χ0) is 19.0. The maximum Gasteiger partial charge on any atom is 0.292 e. The maximum atomic E-state index is 13.2. The highest BCUT2D eigenvalue weighted by molar-refractivity contribution is 5.91. The Morgan fingerprint density at radius 3 is 2.70 bits per heavy atom. The Labute approximate surface area is 159 Å². The Hall–Kier alpha value is -2.06. The van der Waals surface area contributed by atoms with Gasteiger partial charge in [-0.05, 0) is 64.6 Å². The molecule has 2 aliphatic rings. The van der Waals surface area contributed by atoms with Gasteiger partial charge in [0.05, 0.1) is 0 Å². The van der Waals surface area contributed by atoms with Crippen molar-refractivity contribution < 1.29 is 9.90 Å². The van der Waals surface area contributed by atoms with Crippen molar-refractivity contribution in [1.82, 2.24) is 29.4 Å². The molecule has 2 aromatic rings. The Morgan fingerprint density at radius 2 is 1.96 bits per heavy atom. The van der Waals surface area contributed by atoms with Gasteiger partial charge in [-0.1, -0.05) is 0 Å². The molecule has 0 spiro atoms. The molecule has 0 aliphatic carbocycles. The van der Waals surface area contributed by atoms with Crippen LogP contribution in [0.15, 0.2) is 6.07 Å². The molecule has 8 nitrogen and oxygen atoms in total. The standard InChI is InChI=1S/C19H28N6O2/c1-13-10-14(2)25-17(21-22-19(25)20-13)18(27)24-7-3-4-16(11-24)23-8-5-15(12-26)6-9-23/h10,15-16,26H,3-9,11-12H2,1-2H3. The fraction of sp³-hybridized carbons (Fsp3) is 0.684. The lowest BCUT2D eigenvalue weighted by Crippen LogP contribution is -2.52. The van der Waals surface area contributed by atoms with E-state index in [0.717, 1.165) is 63.3 Å². The predicted molar refractivity (Wildman–Crippen MR) is 101 cm³/mol. The van der Waals surface area contributed by atoms with Crippen LogP contribution in [0.2, 0.25) is 0 Å². The third-order valence-electron chi connectivity index (χ3n) is 5.99. The van der Waals surface area contributed by atoms with E-state index in [1.165, 1.54) is 0 Å². The Bertz CT molecular complexity index is 827. The zero-order valence-corrected chi connectivity index (χ0v) is 16.1. The summed E-state index contributed by atoms with van der Waals surface area (Å²) in [5.74, 6) is 1.21. The lowest BCUT2D eigenvalue weighted by atomic mass is 9.94. The number of aliphatic hydroxyl groups excluding tert-OH is 1. The van der Waals surface area contributed by atoms with Crippen molar-refractivity contribution in [3.63, 3.8) is 0 Å². The second-order valence-corrected chi connectivity index (χ2v) is 7.91. The number of aliphatic hydroxyl groups is 1. The number of hydrogen-bond acceptors (Lipinski definition) is 6. The number of piperidine rings is 2. The molecule has 4 heterocycles. The van der Waals surface area contributed by atoms with Crippen LogP contribution in [0, 0.1) is 19.8 Å². The van der Waals surface area contributed by atoms with Crippen LogP contribution in [0.25, 0.3) is 5.78 Å². The van der Waals surface area contributed by atoms with E-state index in [0.29, 0.717) is 23.6 Å². The summed E-state index contributed by atoms with van der Waals surface area (Å²) in [6.45, 7) is 7.66. The third kappa shape index (κ3) is 3.55. The summed E-state index contributed by atoms with van der Waals surface area (Å²) in [4.78, 5) is 21.9. The van der Waals surface area contributed by atoms with Gasteiger partial charge in [-0.3, -0.25) is 14.1 Å². The molecule has 2 saturated heterocycles. The third-order valence-corrected chi connectivity index (χ3v) is 5.99. The summed E-state index contributed by atoms with van der Waals surface area (Å²) in [5.41, 5.74) is 1.79. The van der Waals surface area contributed by atoms with Gasteiger partial charge in [0.25, 0.3) is 11.7 Å². The molecule has 2 aliphatic heterocycles. The number of hydrogen-bond donors (Lipinski definition) is 1. The molecule has 0 bridgehead atoms. The van der Waals surface area contributed by atoms with Crippen molar-refractivity contribution in [2.24, 2.45) is 5.92 Å². The Kier molecular flexibility index (Phi) is 5.10. The lowest BCUT2D eigenvalue weighted by molar-refractivity contribution is 0.0437. The van der Waals surface area contributed by atoms with Gasteiger partial charge in [-0.2, -0.15) is 0 Å². The summed E-state index contributed by atoms with van der Waals surface area (Å²) < 4.78 is 1.76. The topological polar surface area (TPSA) is 86.9 Å². The number of rotatable bonds is 3. The van der Waals surface area contributed by atoms with E-state index in [1.54, 1.807) is 4.40 Å². The number of amides is 1. The summed E-state index contributed by atoms with van der Waals surface area (Å²) in [6, 6.07) is 2.33. The molecular formula is C19H28N6O2. The SMILES string of the molecule is Cc1cc(C)n2c(C(=O)N3CCCC(N4CCC(CO)CC4)C3)nnc2n1. The van der Waals surface area contributed by atoms with Crippen LogP contribution in [0.1, 0.15) is 47.7 Å². The van der Waals surface area contributed by atoms with Crippen LogP contribution < -0.4 is 0 Å². The lowest BCUT2D eigenvalue weighted by Gasteiger charge is -2.42. The van der Waals surface area contributed by atoms with Crippen molar-refractivity contribution in [3.05, 3.63) is 23.3 Å². The van der Waals surface area contributed by atoms with Gasteiger partial charge in [0, 0.05) is 37.1 Å². The molecule has 0 aromatic carbocycles. The van der Waals surface area contributed by atoms with E-state index in [2.05, 4.69) is 20.1 Å². The van der Waals surface area contributed by atoms with Crippen molar-refractivity contribution >= 4 is 11.7 Å². The molecule has 1 unspecified atom stereocenters. The van der Waals surface area contributed by atoms with Crippen LogP contribution in [-0.4, -0.2) is 79.2 Å². The van der Waals surface area contributed by atoms with Gasteiger partial charge in [-0.25, -0.2) is 4.98 Å². The molecule has 1 N–H and O–H groups in total. The Balaban J connectivity index is 1.49. The number of nitrogens with zero attached hydrogens (tertiary/aromatic N) is 6.